The summed E-state index contributed by atoms with van der Waals surface area (Å²) in [5, 5.41) is 10.6. The molecule has 1 aromatic carbocycles. The van der Waals surface area contributed by atoms with E-state index in [1.54, 1.807) is 4.57 Å². The van der Waals surface area contributed by atoms with E-state index in [1.165, 1.54) is 23.5 Å². The van der Waals surface area contributed by atoms with Crippen LogP contribution in [0.2, 0.25) is 0 Å². The van der Waals surface area contributed by atoms with Gasteiger partial charge in [-0.25, -0.2) is 4.98 Å². The van der Waals surface area contributed by atoms with Crippen molar-refractivity contribution in [2.24, 2.45) is 0 Å². The first kappa shape index (κ1) is 15.9. The number of carbonyl (C=O) groups is 1. The zero-order valence-electron chi connectivity index (χ0n) is 13.7. The molecule has 0 aliphatic carbocycles. The molecule has 4 rings (SSSR count). The van der Waals surface area contributed by atoms with Crippen molar-refractivity contribution >= 4 is 34.4 Å². The summed E-state index contributed by atoms with van der Waals surface area (Å²) in [5.41, 5.74) is 2.33. The fourth-order valence-corrected chi connectivity index (χ4v) is 4.09. The van der Waals surface area contributed by atoms with Gasteiger partial charge in [0.2, 0.25) is 5.91 Å². The number of aromatic amines is 1. The molecule has 2 N–H and O–H groups in total. The highest BCUT2D eigenvalue weighted by Gasteiger charge is 2.28. The summed E-state index contributed by atoms with van der Waals surface area (Å²) >= 11 is 1.49. The highest BCUT2D eigenvalue weighted by atomic mass is 32.2. The Bertz CT molecular complexity index is 992. The molecule has 8 heteroatoms. The highest BCUT2D eigenvalue weighted by molar-refractivity contribution is 7.99. The van der Waals surface area contributed by atoms with Crippen LogP contribution in [0.25, 0.3) is 11.0 Å². The fourth-order valence-electron chi connectivity index (χ4n) is 2.96. The molecule has 2 aromatic heterocycles. The zero-order valence-corrected chi connectivity index (χ0v) is 14.5. The van der Waals surface area contributed by atoms with Crippen LogP contribution < -0.4 is 10.9 Å². The predicted octanol–water partition coefficient (Wildman–Crippen LogP) is 2.36. The molecule has 128 valence electrons. The van der Waals surface area contributed by atoms with E-state index >= 15 is 0 Å². The van der Waals surface area contributed by atoms with Crippen LogP contribution in [0, 0.1) is 0 Å². The van der Waals surface area contributed by atoms with Gasteiger partial charge >= 0.3 is 0 Å². The van der Waals surface area contributed by atoms with Crippen LogP contribution in [0.15, 0.2) is 40.4 Å². The Hall–Kier alpha value is -2.61. The lowest BCUT2D eigenvalue weighted by atomic mass is 10.1. The minimum atomic E-state index is -0.200. The maximum Gasteiger partial charge on any atom is 0.265 e. The second kappa shape index (κ2) is 6.36. The molecule has 25 heavy (non-hydrogen) atoms. The summed E-state index contributed by atoms with van der Waals surface area (Å²) in [7, 11) is 0. The van der Waals surface area contributed by atoms with Gasteiger partial charge in [0.15, 0.2) is 10.8 Å². The van der Waals surface area contributed by atoms with Gasteiger partial charge in [-0.3, -0.25) is 19.3 Å². The van der Waals surface area contributed by atoms with Crippen LogP contribution in [0.4, 0.5) is 5.69 Å². The van der Waals surface area contributed by atoms with Crippen LogP contribution in [0.1, 0.15) is 24.9 Å². The predicted molar refractivity (Wildman–Crippen MR) is 97.0 cm³/mol. The first-order chi connectivity index (χ1) is 12.2. The summed E-state index contributed by atoms with van der Waals surface area (Å²) in [6.07, 6.45) is 2.68. The monoisotopic (exact) mass is 355 g/mol. The molecule has 1 aliphatic heterocycles. The van der Waals surface area contributed by atoms with E-state index in [0.29, 0.717) is 21.9 Å². The summed E-state index contributed by atoms with van der Waals surface area (Å²) in [5.74, 6) is 0.548. The first-order valence-electron chi connectivity index (χ1n) is 8.13. The Labute approximate surface area is 147 Å². The lowest BCUT2D eigenvalue weighted by molar-refractivity contribution is -0.116. The lowest BCUT2D eigenvalue weighted by Crippen LogP contribution is -2.27. The molecule has 1 atom stereocenters. The van der Waals surface area contributed by atoms with Crippen molar-refractivity contribution in [3.05, 3.63) is 46.4 Å². The van der Waals surface area contributed by atoms with Gasteiger partial charge in [-0.15, -0.1) is 0 Å². The molecular weight excluding hydrogens is 338 g/mol. The Morgan fingerprint density at radius 3 is 2.96 bits per heavy atom. The number of carbonyl (C=O) groups excluding carboxylic acids is 1. The van der Waals surface area contributed by atoms with Crippen molar-refractivity contribution in [3.63, 3.8) is 0 Å². The molecule has 0 saturated heterocycles. The number of H-pyrrole nitrogens is 1. The van der Waals surface area contributed by atoms with Crippen molar-refractivity contribution in [1.29, 1.82) is 0 Å². The number of anilines is 1. The summed E-state index contributed by atoms with van der Waals surface area (Å²) in [6.45, 7) is 2.09. The number of aryl methyl sites for hydroxylation is 1. The van der Waals surface area contributed by atoms with E-state index in [9.17, 15) is 9.59 Å². The van der Waals surface area contributed by atoms with E-state index in [1.807, 2.05) is 24.3 Å². The van der Waals surface area contributed by atoms with Crippen LogP contribution in [0.3, 0.4) is 0 Å². The smallest absolute Gasteiger partial charge is 0.265 e. The molecule has 0 saturated carbocycles. The quantitative estimate of drug-likeness (QED) is 0.701. The van der Waals surface area contributed by atoms with Crippen molar-refractivity contribution < 1.29 is 4.79 Å². The topological polar surface area (TPSA) is 92.7 Å². The Morgan fingerprint density at radius 2 is 2.20 bits per heavy atom. The third-order valence-corrected chi connectivity index (χ3v) is 5.42. The molecule has 0 bridgehead atoms. The molecule has 3 heterocycles. The largest absolute Gasteiger partial charge is 0.326 e. The third kappa shape index (κ3) is 2.93. The standard InChI is InChI=1S/C17H17N5O2S/c1-2-10-3-5-11(6-4-10)19-14(23)7-12-9-25-17-20-15-13(8-18-21-15)16(24)22(12)17/h3-6,8,12H,2,7,9H2,1H3,(H,18,21)(H,19,23). The Balaban J connectivity index is 1.52. The summed E-state index contributed by atoms with van der Waals surface area (Å²) in [4.78, 5) is 29.4. The number of rotatable bonds is 4. The average molecular weight is 355 g/mol. The molecule has 0 radical (unpaired) electrons. The van der Waals surface area contributed by atoms with E-state index in [0.717, 1.165) is 12.1 Å². The SMILES string of the molecule is CCc1ccc(NC(=O)CC2CSc3nc4[nH]ncc4c(=O)n32)cc1. The number of aromatic nitrogens is 4. The number of nitrogens with one attached hydrogen (secondary N) is 2. The van der Waals surface area contributed by atoms with Gasteiger partial charge in [0, 0.05) is 17.9 Å². The molecule has 0 spiro atoms. The van der Waals surface area contributed by atoms with E-state index in [2.05, 4.69) is 27.4 Å². The van der Waals surface area contributed by atoms with Crippen LogP contribution in [0.5, 0.6) is 0 Å². The number of hydrogen-bond acceptors (Lipinski definition) is 5. The number of fused-ring (bicyclic) bond motifs is 2. The van der Waals surface area contributed by atoms with Crippen molar-refractivity contribution in [3.8, 4) is 0 Å². The number of hydrogen-bond donors (Lipinski definition) is 2. The molecular formula is C17H17N5O2S. The average Bonchev–Trinajstić information content (AvgIpc) is 3.23. The molecule has 0 fully saturated rings. The van der Waals surface area contributed by atoms with E-state index < -0.39 is 0 Å². The maximum absolute atomic E-state index is 12.6. The minimum Gasteiger partial charge on any atom is -0.326 e. The van der Waals surface area contributed by atoms with Gasteiger partial charge in [0.25, 0.3) is 5.56 Å². The third-order valence-electron chi connectivity index (χ3n) is 4.32. The molecule has 1 amide bonds. The Morgan fingerprint density at radius 1 is 1.40 bits per heavy atom. The van der Waals surface area contributed by atoms with Crippen LogP contribution >= 0.6 is 11.8 Å². The van der Waals surface area contributed by atoms with Gasteiger partial charge in [-0.1, -0.05) is 30.8 Å². The van der Waals surface area contributed by atoms with E-state index in [-0.39, 0.29) is 23.9 Å². The number of benzene rings is 1. The normalized spacial score (nSPS) is 16.1. The Kier molecular flexibility index (Phi) is 4.04. The van der Waals surface area contributed by atoms with Gasteiger partial charge < -0.3 is 5.32 Å². The van der Waals surface area contributed by atoms with Gasteiger partial charge in [-0.2, -0.15) is 5.10 Å². The molecule has 1 unspecified atom stereocenters. The van der Waals surface area contributed by atoms with Crippen LogP contribution in [-0.2, 0) is 11.2 Å². The van der Waals surface area contributed by atoms with Gasteiger partial charge in [0.1, 0.15) is 5.39 Å². The number of thioether (sulfide) groups is 1. The number of nitrogens with zero attached hydrogens (tertiary/aromatic N) is 3. The van der Waals surface area contributed by atoms with E-state index in [4.69, 9.17) is 0 Å². The molecule has 7 nitrogen and oxygen atoms in total. The highest BCUT2D eigenvalue weighted by Crippen LogP contribution is 2.33. The first-order valence-corrected chi connectivity index (χ1v) is 9.11. The fraction of sp³-hybridized carbons (Fsp3) is 0.294. The maximum atomic E-state index is 12.6. The summed E-state index contributed by atoms with van der Waals surface area (Å²) < 4.78 is 1.61. The minimum absolute atomic E-state index is 0.109. The van der Waals surface area contributed by atoms with Gasteiger partial charge in [-0.05, 0) is 24.1 Å². The van der Waals surface area contributed by atoms with Gasteiger partial charge in [0.05, 0.1) is 12.2 Å². The van der Waals surface area contributed by atoms with Crippen LogP contribution in [-0.4, -0.2) is 31.4 Å². The second-order valence-corrected chi connectivity index (χ2v) is 6.96. The van der Waals surface area contributed by atoms with Crippen molar-refractivity contribution in [2.45, 2.75) is 31.0 Å². The molecule has 1 aliphatic rings. The lowest BCUT2D eigenvalue weighted by Gasteiger charge is -2.13. The van der Waals surface area contributed by atoms with Crippen molar-refractivity contribution in [1.82, 2.24) is 19.7 Å². The van der Waals surface area contributed by atoms with Crippen molar-refractivity contribution in [2.75, 3.05) is 11.1 Å². The second-order valence-electron chi connectivity index (χ2n) is 5.97. The number of amides is 1. The molecule has 3 aromatic rings. The summed E-state index contributed by atoms with van der Waals surface area (Å²) in [6, 6.07) is 7.60. The zero-order chi connectivity index (χ0) is 17.4.